The van der Waals surface area contributed by atoms with Gasteiger partial charge in [-0.3, -0.25) is 0 Å². The molecule has 1 aliphatic carbocycles. The van der Waals surface area contributed by atoms with Crippen LogP contribution in [0.3, 0.4) is 0 Å². The lowest BCUT2D eigenvalue weighted by molar-refractivity contribution is 0.228. The van der Waals surface area contributed by atoms with Gasteiger partial charge >= 0.3 is 0 Å². The maximum atomic E-state index is 5.70. The summed E-state index contributed by atoms with van der Waals surface area (Å²) in [5, 5.41) is 0. The molecule has 2 fully saturated rings. The zero-order valence-electron chi connectivity index (χ0n) is 11.0. The van der Waals surface area contributed by atoms with E-state index >= 15 is 0 Å². The Balaban J connectivity index is 1.50. The molecule has 0 aromatic rings. The van der Waals surface area contributed by atoms with Gasteiger partial charge in [-0.05, 0) is 74.4 Å². The highest BCUT2D eigenvalue weighted by atomic mass is 32.2. The summed E-state index contributed by atoms with van der Waals surface area (Å²) in [6.07, 6.45) is 14.3. The molecule has 17 heavy (non-hydrogen) atoms. The first-order valence-corrected chi connectivity index (χ1v) is 8.48. The Morgan fingerprint density at radius 1 is 1.18 bits per heavy atom. The fourth-order valence-electron chi connectivity index (χ4n) is 2.79. The molecule has 2 aliphatic rings. The third-order valence-corrected chi connectivity index (χ3v) is 5.16. The summed E-state index contributed by atoms with van der Waals surface area (Å²) in [5.41, 5.74) is 1.55. The minimum atomic E-state index is 0.935. The van der Waals surface area contributed by atoms with Crippen LogP contribution in [-0.4, -0.2) is 18.1 Å². The van der Waals surface area contributed by atoms with Crippen LogP contribution in [0.25, 0.3) is 0 Å². The van der Waals surface area contributed by atoms with E-state index in [0.717, 1.165) is 12.5 Å². The van der Waals surface area contributed by atoms with Crippen LogP contribution in [-0.2, 0) is 4.74 Å². The van der Waals surface area contributed by atoms with E-state index in [2.05, 4.69) is 18.0 Å². The maximum absolute atomic E-state index is 5.70. The van der Waals surface area contributed by atoms with Crippen LogP contribution in [0.15, 0.2) is 11.8 Å². The highest BCUT2D eigenvalue weighted by molar-refractivity contribution is 7.99. The van der Waals surface area contributed by atoms with Gasteiger partial charge < -0.3 is 4.74 Å². The van der Waals surface area contributed by atoms with Gasteiger partial charge in [0.25, 0.3) is 0 Å². The Bertz CT molecular complexity index is 223. The van der Waals surface area contributed by atoms with E-state index in [4.69, 9.17) is 4.74 Å². The van der Waals surface area contributed by atoms with E-state index in [0.29, 0.717) is 0 Å². The summed E-state index contributed by atoms with van der Waals surface area (Å²) in [7, 11) is 0. The predicted octanol–water partition coefficient (Wildman–Crippen LogP) is 4.77. The predicted molar refractivity (Wildman–Crippen MR) is 76.4 cm³/mol. The topological polar surface area (TPSA) is 9.23 Å². The van der Waals surface area contributed by atoms with Gasteiger partial charge in [0, 0.05) is 0 Å². The van der Waals surface area contributed by atoms with Crippen molar-refractivity contribution in [1.29, 1.82) is 0 Å². The summed E-state index contributed by atoms with van der Waals surface area (Å²) in [5.74, 6) is 3.75. The summed E-state index contributed by atoms with van der Waals surface area (Å²) < 4.78 is 5.70. The zero-order chi connectivity index (χ0) is 11.8. The van der Waals surface area contributed by atoms with Crippen LogP contribution in [0, 0.1) is 5.92 Å². The average molecular weight is 254 g/mol. The summed E-state index contributed by atoms with van der Waals surface area (Å²) in [4.78, 5) is 0. The largest absolute Gasteiger partial charge is 0.501 e. The van der Waals surface area contributed by atoms with Crippen LogP contribution < -0.4 is 0 Å². The van der Waals surface area contributed by atoms with Gasteiger partial charge in [0.1, 0.15) is 0 Å². The molecule has 1 nitrogen and oxygen atoms in total. The molecule has 1 saturated heterocycles. The van der Waals surface area contributed by atoms with Crippen molar-refractivity contribution in [2.75, 3.05) is 18.1 Å². The lowest BCUT2D eigenvalue weighted by Gasteiger charge is -2.20. The first-order valence-electron chi connectivity index (χ1n) is 7.32. The summed E-state index contributed by atoms with van der Waals surface area (Å²) in [6, 6.07) is 0. The number of rotatable bonds is 5. The van der Waals surface area contributed by atoms with E-state index < -0.39 is 0 Å². The van der Waals surface area contributed by atoms with Crippen molar-refractivity contribution in [3.05, 3.63) is 11.8 Å². The molecule has 2 rings (SSSR count). The van der Waals surface area contributed by atoms with Crippen molar-refractivity contribution in [3.63, 3.8) is 0 Å². The first kappa shape index (κ1) is 13.3. The zero-order valence-corrected chi connectivity index (χ0v) is 11.8. The van der Waals surface area contributed by atoms with Gasteiger partial charge in [0.2, 0.25) is 0 Å². The van der Waals surface area contributed by atoms with Crippen LogP contribution in [0.2, 0.25) is 0 Å². The van der Waals surface area contributed by atoms with Crippen molar-refractivity contribution < 1.29 is 4.74 Å². The van der Waals surface area contributed by atoms with Crippen molar-refractivity contribution >= 4 is 11.8 Å². The molecule has 1 atom stereocenters. The van der Waals surface area contributed by atoms with E-state index in [1.54, 1.807) is 5.57 Å². The third kappa shape index (κ3) is 5.37. The summed E-state index contributed by atoms with van der Waals surface area (Å²) in [6.45, 7) is 0.935. The second-order valence-electron chi connectivity index (χ2n) is 5.43. The molecule has 1 aliphatic heterocycles. The van der Waals surface area contributed by atoms with Gasteiger partial charge in [0.05, 0.1) is 12.9 Å². The van der Waals surface area contributed by atoms with Crippen molar-refractivity contribution in [1.82, 2.24) is 0 Å². The molecule has 1 unspecified atom stereocenters. The van der Waals surface area contributed by atoms with Gasteiger partial charge in [-0.1, -0.05) is 6.42 Å². The molecule has 2 heteroatoms. The monoisotopic (exact) mass is 254 g/mol. The van der Waals surface area contributed by atoms with E-state index in [-0.39, 0.29) is 0 Å². The molecule has 1 heterocycles. The van der Waals surface area contributed by atoms with Gasteiger partial charge in [-0.2, -0.15) is 11.8 Å². The smallest absolute Gasteiger partial charge is 0.0873 e. The lowest BCUT2D eigenvalue weighted by Crippen LogP contribution is -2.10. The minimum absolute atomic E-state index is 0.935. The Labute approximate surface area is 110 Å². The van der Waals surface area contributed by atoms with E-state index in [1.807, 2.05) is 0 Å². The number of ether oxygens (including phenoxy) is 1. The molecular formula is C15H26OS. The normalized spacial score (nSPS) is 25.6. The maximum Gasteiger partial charge on any atom is 0.0873 e. The van der Waals surface area contributed by atoms with Gasteiger partial charge in [-0.15, -0.1) is 0 Å². The second-order valence-corrected chi connectivity index (χ2v) is 6.58. The fraction of sp³-hybridized carbons (Fsp3) is 0.867. The van der Waals surface area contributed by atoms with Crippen molar-refractivity contribution in [3.8, 4) is 0 Å². The number of thioether (sulfide) groups is 1. The minimum Gasteiger partial charge on any atom is -0.501 e. The van der Waals surface area contributed by atoms with E-state index in [1.165, 1.54) is 69.3 Å². The highest BCUT2D eigenvalue weighted by Crippen LogP contribution is 2.26. The molecule has 0 aromatic heterocycles. The van der Waals surface area contributed by atoms with E-state index in [9.17, 15) is 0 Å². The average Bonchev–Trinajstić information content (AvgIpc) is 2.41. The Morgan fingerprint density at radius 2 is 2.06 bits per heavy atom. The molecule has 0 amide bonds. The van der Waals surface area contributed by atoms with Crippen LogP contribution in [0.1, 0.15) is 57.8 Å². The number of hydrogen-bond acceptors (Lipinski definition) is 2. The molecular weight excluding hydrogens is 228 g/mol. The Kier molecular flexibility index (Phi) is 6.33. The highest BCUT2D eigenvalue weighted by Gasteiger charge is 2.12. The SMILES string of the molecule is C(OCCCC1CCCSC1)=C1CCCCC1. The van der Waals surface area contributed by atoms with Gasteiger partial charge in [-0.25, -0.2) is 0 Å². The molecule has 0 bridgehead atoms. The molecule has 0 N–H and O–H groups in total. The standard InChI is InChI=1S/C15H26OS/c1-2-6-14(7-3-1)12-16-10-4-8-15-9-5-11-17-13-15/h12,15H,1-11,13H2. The van der Waals surface area contributed by atoms with Crippen molar-refractivity contribution in [2.24, 2.45) is 5.92 Å². The molecule has 1 saturated carbocycles. The molecule has 0 aromatic carbocycles. The van der Waals surface area contributed by atoms with Crippen LogP contribution >= 0.6 is 11.8 Å². The van der Waals surface area contributed by atoms with Gasteiger partial charge in [0.15, 0.2) is 0 Å². The first-order chi connectivity index (χ1) is 8.45. The van der Waals surface area contributed by atoms with Crippen LogP contribution in [0.4, 0.5) is 0 Å². The summed E-state index contributed by atoms with van der Waals surface area (Å²) >= 11 is 2.14. The Hall–Kier alpha value is -0.110. The number of allylic oxidation sites excluding steroid dienone is 1. The second kappa shape index (κ2) is 8.07. The molecule has 0 radical (unpaired) electrons. The third-order valence-electron chi connectivity index (χ3n) is 3.87. The molecule has 98 valence electrons. The lowest BCUT2D eigenvalue weighted by atomic mass is 9.96. The quantitative estimate of drug-likeness (QED) is 0.516. The van der Waals surface area contributed by atoms with Crippen LogP contribution in [0.5, 0.6) is 0 Å². The van der Waals surface area contributed by atoms with Crippen molar-refractivity contribution in [2.45, 2.75) is 57.8 Å². The Morgan fingerprint density at radius 3 is 2.82 bits per heavy atom. The fourth-order valence-corrected chi connectivity index (χ4v) is 4.00. The number of hydrogen-bond donors (Lipinski definition) is 0. The molecule has 0 spiro atoms.